The van der Waals surface area contributed by atoms with E-state index < -0.39 is 6.61 Å². The zero-order chi connectivity index (χ0) is 19.1. The van der Waals surface area contributed by atoms with Crippen molar-refractivity contribution < 1.29 is 18.3 Å². The Morgan fingerprint density at radius 3 is 2.61 bits per heavy atom. The van der Waals surface area contributed by atoms with Gasteiger partial charge in [-0.1, -0.05) is 12.1 Å². The van der Waals surface area contributed by atoms with Crippen molar-refractivity contribution in [1.82, 2.24) is 10.6 Å². The quantitative estimate of drug-likeness (QED) is 0.609. The number of anilines is 2. The van der Waals surface area contributed by atoms with Gasteiger partial charge >= 0.3 is 6.61 Å². The number of benzene rings is 2. The van der Waals surface area contributed by atoms with Crippen LogP contribution in [0.15, 0.2) is 48.5 Å². The molecule has 8 heteroatoms. The topological polar surface area (TPSA) is 62.4 Å². The van der Waals surface area contributed by atoms with Gasteiger partial charge < -0.3 is 20.7 Å². The van der Waals surface area contributed by atoms with E-state index in [-0.39, 0.29) is 24.1 Å². The average Bonchev–Trinajstić information content (AvgIpc) is 3.17. The number of rotatable bonds is 8. The Bertz CT molecular complexity index is 753. The van der Waals surface area contributed by atoms with Gasteiger partial charge in [0, 0.05) is 12.2 Å². The molecule has 0 bridgehead atoms. The van der Waals surface area contributed by atoms with E-state index in [1.54, 1.807) is 30.3 Å². The number of amides is 1. The van der Waals surface area contributed by atoms with Crippen molar-refractivity contribution in [2.45, 2.75) is 19.5 Å². The van der Waals surface area contributed by atoms with Crippen molar-refractivity contribution in [3.05, 3.63) is 54.1 Å². The lowest BCUT2D eigenvalue weighted by Gasteiger charge is -2.14. The number of hydrogen-bond donors (Lipinski definition) is 3. The van der Waals surface area contributed by atoms with E-state index in [2.05, 4.69) is 20.7 Å². The van der Waals surface area contributed by atoms with Crippen LogP contribution in [0, 0.1) is 5.92 Å². The molecule has 0 spiro atoms. The van der Waals surface area contributed by atoms with Crippen molar-refractivity contribution in [3.8, 4) is 5.75 Å². The third-order valence-corrected chi connectivity index (χ3v) is 4.53. The molecule has 1 heterocycles. The van der Waals surface area contributed by atoms with Gasteiger partial charge in [0.1, 0.15) is 5.75 Å². The first-order valence-electron chi connectivity index (χ1n) is 9.01. The van der Waals surface area contributed by atoms with Crippen LogP contribution in [-0.4, -0.2) is 32.2 Å². The number of hydrogen-bond acceptors (Lipinski definition) is 4. The molecule has 0 saturated carbocycles. The molecule has 1 aliphatic rings. The van der Waals surface area contributed by atoms with Gasteiger partial charge in [0.15, 0.2) is 0 Å². The number of alkyl halides is 2. The summed E-state index contributed by atoms with van der Waals surface area (Å²) in [5, 5.41) is 9.44. The molecule has 152 valence electrons. The summed E-state index contributed by atoms with van der Waals surface area (Å²) in [4.78, 5) is 12.5. The molecule has 0 aliphatic carbocycles. The van der Waals surface area contributed by atoms with Crippen molar-refractivity contribution in [2.24, 2.45) is 5.92 Å². The second kappa shape index (κ2) is 10.8. The van der Waals surface area contributed by atoms with Gasteiger partial charge in [0.05, 0.1) is 11.3 Å². The van der Waals surface area contributed by atoms with Crippen LogP contribution in [0.1, 0.15) is 23.2 Å². The van der Waals surface area contributed by atoms with E-state index in [0.29, 0.717) is 29.4 Å². The summed E-state index contributed by atoms with van der Waals surface area (Å²) in [5.41, 5.74) is 1.86. The minimum Gasteiger partial charge on any atom is -0.435 e. The predicted octanol–water partition coefficient (Wildman–Crippen LogP) is 4.18. The maximum absolute atomic E-state index is 12.5. The Morgan fingerprint density at radius 2 is 1.93 bits per heavy atom. The Hall–Kier alpha value is -2.38. The first kappa shape index (κ1) is 21.9. The van der Waals surface area contributed by atoms with Crippen LogP contribution in [0.2, 0.25) is 0 Å². The van der Waals surface area contributed by atoms with Gasteiger partial charge in [-0.15, -0.1) is 12.4 Å². The van der Waals surface area contributed by atoms with Gasteiger partial charge in [-0.05, 0) is 68.2 Å². The normalized spacial score (nSPS) is 15.8. The van der Waals surface area contributed by atoms with Crippen molar-refractivity contribution in [1.29, 1.82) is 0 Å². The van der Waals surface area contributed by atoms with Crippen LogP contribution in [0.5, 0.6) is 5.75 Å². The number of carbonyl (C=O) groups is 1. The smallest absolute Gasteiger partial charge is 0.387 e. The Labute approximate surface area is 169 Å². The Morgan fingerprint density at radius 1 is 1.18 bits per heavy atom. The zero-order valence-corrected chi connectivity index (χ0v) is 16.1. The van der Waals surface area contributed by atoms with Crippen LogP contribution < -0.4 is 20.7 Å². The number of ether oxygens (including phenoxy) is 1. The monoisotopic (exact) mass is 411 g/mol. The fourth-order valence-corrected chi connectivity index (χ4v) is 3.11. The SMILES string of the molecule is Cl.O=C(NCCC1CCNC1)c1ccccc1Nc1ccc(OC(F)F)cc1. The fourth-order valence-electron chi connectivity index (χ4n) is 3.11. The summed E-state index contributed by atoms with van der Waals surface area (Å²) in [6.45, 7) is -0.154. The number of nitrogens with one attached hydrogen (secondary N) is 3. The first-order chi connectivity index (χ1) is 13.1. The number of carbonyl (C=O) groups excluding carboxylic acids is 1. The molecule has 5 nitrogen and oxygen atoms in total. The molecule has 28 heavy (non-hydrogen) atoms. The summed E-state index contributed by atoms with van der Waals surface area (Å²) in [5.74, 6) is 0.567. The molecular formula is C20H24ClF2N3O2. The Kier molecular flexibility index (Phi) is 8.47. The third-order valence-electron chi connectivity index (χ3n) is 4.53. The lowest BCUT2D eigenvalue weighted by molar-refractivity contribution is -0.0498. The highest BCUT2D eigenvalue weighted by Gasteiger charge is 2.15. The first-order valence-corrected chi connectivity index (χ1v) is 9.01. The van der Waals surface area contributed by atoms with Crippen LogP contribution in [0.4, 0.5) is 20.2 Å². The van der Waals surface area contributed by atoms with E-state index in [1.165, 1.54) is 12.1 Å². The minimum atomic E-state index is -2.85. The molecule has 2 aromatic rings. The standard InChI is InChI=1S/C20H23F2N3O2.ClH/c21-20(22)27-16-7-5-15(6-8-16)25-18-4-2-1-3-17(18)19(26)24-12-10-14-9-11-23-13-14;/h1-8,14,20,23,25H,9-13H2,(H,24,26);1H. The molecule has 0 aromatic heterocycles. The molecule has 0 radical (unpaired) electrons. The summed E-state index contributed by atoms with van der Waals surface area (Å²) < 4.78 is 28.8. The van der Waals surface area contributed by atoms with Crippen molar-refractivity contribution in [2.75, 3.05) is 25.0 Å². The molecular weight excluding hydrogens is 388 g/mol. The van der Waals surface area contributed by atoms with E-state index >= 15 is 0 Å². The molecule has 1 atom stereocenters. The van der Waals surface area contributed by atoms with Gasteiger partial charge in [-0.2, -0.15) is 8.78 Å². The highest BCUT2D eigenvalue weighted by Crippen LogP contribution is 2.23. The lowest BCUT2D eigenvalue weighted by atomic mass is 10.1. The number of halogens is 3. The van der Waals surface area contributed by atoms with Crippen molar-refractivity contribution >= 4 is 29.7 Å². The second-order valence-electron chi connectivity index (χ2n) is 6.48. The molecule has 1 amide bonds. The van der Waals surface area contributed by atoms with E-state index in [1.807, 2.05) is 6.07 Å². The van der Waals surface area contributed by atoms with Gasteiger partial charge in [-0.25, -0.2) is 0 Å². The van der Waals surface area contributed by atoms with E-state index in [0.717, 1.165) is 25.9 Å². The summed E-state index contributed by atoms with van der Waals surface area (Å²) in [7, 11) is 0. The summed E-state index contributed by atoms with van der Waals surface area (Å²) in [6.07, 6.45) is 2.11. The summed E-state index contributed by atoms with van der Waals surface area (Å²) in [6, 6.07) is 13.3. The zero-order valence-electron chi connectivity index (χ0n) is 15.3. The maximum Gasteiger partial charge on any atom is 0.387 e. The lowest BCUT2D eigenvalue weighted by Crippen LogP contribution is -2.27. The van der Waals surface area contributed by atoms with Gasteiger partial charge in [0.2, 0.25) is 0 Å². The molecule has 1 aliphatic heterocycles. The van der Waals surface area contributed by atoms with E-state index in [9.17, 15) is 13.6 Å². The van der Waals surface area contributed by atoms with Crippen LogP contribution in [0.3, 0.4) is 0 Å². The molecule has 1 unspecified atom stereocenters. The Balaban J connectivity index is 0.00000280. The molecule has 1 saturated heterocycles. The molecule has 3 N–H and O–H groups in total. The van der Waals surface area contributed by atoms with E-state index in [4.69, 9.17) is 0 Å². The van der Waals surface area contributed by atoms with Crippen molar-refractivity contribution in [3.63, 3.8) is 0 Å². The molecule has 1 fully saturated rings. The largest absolute Gasteiger partial charge is 0.435 e. The maximum atomic E-state index is 12.5. The third kappa shape index (κ3) is 6.35. The fraction of sp³-hybridized carbons (Fsp3) is 0.350. The molecule has 3 rings (SSSR count). The highest BCUT2D eigenvalue weighted by molar-refractivity contribution is 6.00. The number of para-hydroxylation sites is 1. The highest BCUT2D eigenvalue weighted by atomic mass is 35.5. The molecule has 2 aromatic carbocycles. The summed E-state index contributed by atoms with van der Waals surface area (Å²) >= 11 is 0. The van der Waals surface area contributed by atoms with Gasteiger partial charge in [-0.3, -0.25) is 4.79 Å². The average molecular weight is 412 g/mol. The predicted molar refractivity (Wildman–Crippen MR) is 108 cm³/mol. The van der Waals surface area contributed by atoms with Crippen LogP contribution in [0.25, 0.3) is 0 Å². The minimum absolute atomic E-state index is 0. The van der Waals surface area contributed by atoms with Crippen LogP contribution in [-0.2, 0) is 0 Å². The van der Waals surface area contributed by atoms with Gasteiger partial charge in [0.25, 0.3) is 5.91 Å². The second-order valence-corrected chi connectivity index (χ2v) is 6.48. The van der Waals surface area contributed by atoms with Crippen LogP contribution >= 0.6 is 12.4 Å².